The van der Waals surface area contributed by atoms with Crippen molar-refractivity contribution in [2.45, 2.75) is 46.1 Å². The average molecular weight is 259 g/mol. The van der Waals surface area contributed by atoms with E-state index in [-0.39, 0.29) is 17.2 Å². The summed E-state index contributed by atoms with van der Waals surface area (Å²) in [5, 5.41) is 2.95. The van der Waals surface area contributed by atoms with Crippen LogP contribution in [0.15, 0.2) is 4.42 Å². The van der Waals surface area contributed by atoms with Gasteiger partial charge >= 0.3 is 0 Å². The van der Waals surface area contributed by atoms with E-state index in [9.17, 15) is 4.79 Å². The van der Waals surface area contributed by atoms with E-state index in [2.05, 4.69) is 10.3 Å². The fourth-order valence-electron chi connectivity index (χ4n) is 1.69. The minimum absolute atomic E-state index is 0.243. The predicted octanol–water partition coefficient (Wildman–Crippen LogP) is 2.82. The molecule has 0 bridgehead atoms. The molecule has 0 saturated carbocycles. The highest BCUT2D eigenvalue weighted by Gasteiger charge is 2.29. The molecule has 0 saturated heterocycles. The molecule has 1 aromatic heterocycles. The van der Waals surface area contributed by atoms with E-state index in [1.54, 1.807) is 13.8 Å². The van der Waals surface area contributed by atoms with Crippen LogP contribution in [0.25, 0.3) is 0 Å². The lowest BCUT2D eigenvalue weighted by Crippen LogP contribution is -2.49. The molecular formula is C12H19ClN2O2. The van der Waals surface area contributed by atoms with Crippen LogP contribution in [0.2, 0.25) is 0 Å². The molecule has 5 heteroatoms. The van der Waals surface area contributed by atoms with Crippen LogP contribution in [0.4, 0.5) is 0 Å². The molecule has 0 radical (unpaired) electrons. The first kappa shape index (κ1) is 14.0. The summed E-state index contributed by atoms with van der Waals surface area (Å²) < 4.78 is 5.29. The van der Waals surface area contributed by atoms with Gasteiger partial charge in [0.05, 0.1) is 11.2 Å². The van der Waals surface area contributed by atoms with Gasteiger partial charge in [0.25, 0.3) is 5.91 Å². The number of nitrogens with one attached hydrogen (secondary N) is 1. The molecule has 0 aromatic carbocycles. The zero-order chi connectivity index (χ0) is 13.1. The second kappa shape index (κ2) is 5.54. The number of nitrogens with zero attached hydrogens (tertiary/aromatic N) is 1. The number of hydrogen-bond donors (Lipinski definition) is 1. The van der Waals surface area contributed by atoms with Crippen molar-refractivity contribution in [2.24, 2.45) is 0 Å². The second-order valence-corrected chi connectivity index (χ2v) is 4.49. The Labute approximate surface area is 107 Å². The van der Waals surface area contributed by atoms with Gasteiger partial charge in [-0.05, 0) is 19.8 Å². The summed E-state index contributed by atoms with van der Waals surface area (Å²) in [6.07, 6.45) is 1.57. The summed E-state index contributed by atoms with van der Waals surface area (Å²) in [5.74, 6) is 0.918. The van der Waals surface area contributed by atoms with Crippen LogP contribution in [0.3, 0.4) is 0 Å². The Kier molecular flexibility index (Phi) is 4.57. The van der Waals surface area contributed by atoms with Crippen LogP contribution in [-0.4, -0.2) is 22.3 Å². The van der Waals surface area contributed by atoms with Crippen LogP contribution >= 0.6 is 11.6 Å². The molecule has 0 atom stereocenters. The molecule has 0 spiro atoms. The molecule has 1 rings (SSSR count). The molecule has 1 aromatic rings. The molecule has 17 heavy (non-hydrogen) atoms. The number of aryl methyl sites for hydroxylation is 2. The zero-order valence-corrected chi connectivity index (χ0v) is 11.5. The maximum absolute atomic E-state index is 12.1. The molecular weight excluding hydrogens is 240 g/mol. The minimum atomic E-state index is -0.369. The van der Waals surface area contributed by atoms with Gasteiger partial charge in [-0.1, -0.05) is 13.8 Å². The third kappa shape index (κ3) is 3.00. The van der Waals surface area contributed by atoms with Gasteiger partial charge in [-0.25, -0.2) is 4.98 Å². The highest BCUT2D eigenvalue weighted by molar-refractivity contribution is 6.18. The van der Waals surface area contributed by atoms with E-state index in [1.165, 1.54) is 0 Å². The average Bonchev–Trinajstić information content (AvgIpc) is 2.65. The minimum Gasteiger partial charge on any atom is -0.436 e. The second-order valence-electron chi connectivity index (χ2n) is 4.22. The van der Waals surface area contributed by atoms with Crippen molar-refractivity contribution in [2.75, 3.05) is 5.88 Å². The van der Waals surface area contributed by atoms with E-state index in [0.717, 1.165) is 12.8 Å². The summed E-state index contributed by atoms with van der Waals surface area (Å²) in [4.78, 5) is 16.1. The molecule has 0 fully saturated rings. The number of rotatable bonds is 5. The third-order valence-electron chi connectivity index (χ3n) is 3.10. The Hall–Kier alpha value is -1.03. The van der Waals surface area contributed by atoms with Gasteiger partial charge in [-0.2, -0.15) is 0 Å². The van der Waals surface area contributed by atoms with Gasteiger partial charge in [0.2, 0.25) is 5.76 Å². The van der Waals surface area contributed by atoms with Crippen LogP contribution in [-0.2, 0) is 0 Å². The quantitative estimate of drug-likeness (QED) is 0.827. The monoisotopic (exact) mass is 258 g/mol. The Balaban J connectivity index is 2.88. The van der Waals surface area contributed by atoms with E-state index in [4.69, 9.17) is 16.0 Å². The number of aromatic nitrogens is 1. The van der Waals surface area contributed by atoms with Crippen molar-refractivity contribution in [1.82, 2.24) is 10.3 Å². The number of alkyl halides is 1. The summed E-state index contributed by atoms with van der Waals surface area (Å²) in [7, 11) is 0. The van der Waals surface area contributed by atoms with E-state index in [1.807, 2.05) is 13.8 Å². The molecule has 0 aliphatic rings. The van der Waals surface area contributed by atoms with E-state index >= 15 is 0 Å². The van der Waals surface area contributed by atoms with E-state index < -0.39 is 0 Å². The molecule has 1 amide bonds. The first-order chi connectivity index (χ1) is 7.98. The summed E-state index contributed by atoms with van der Waals surface area (Å²) in [6.45, 7) is 7.49. The number of carbonyl (C=O) groups excluding carboxylic acids is 1. The van der Waals surface area contributed by atoms with Gasteiger partial charge in [0.15, 0.2) is 5.89 Å². The number of hydrogen-bond acceptors (Lipinski definition) is 3. The van der Waals surface area contributed by atoms with Gasteiger partial charge in [0.1, 0.15) is 0 Å². The summed E-state index contributed by atoms with van der Waals surface area (Å²) >= 11 is 5.94. The lowest BCUT2D eigenvalue weighted by Gasteiger charge is -2.30. The first-order valence-corrected chi connectivity index (χ1v) is 6.34. The van der Waals surface area contributed by atoms with Crippen molar-refractivity contribution in [1.29, 1.82) is 0 Å². The largest absolute Gasteiger partial charge is 0.436 e. The van der Waals surface area contributed by atoms with Crippen molar-refractivity contribution in [3.05, 3.63) is 17.3 Å². The maximum Gasteiger partial charge on any atom is 0.289 e. The fraction of sp³-hybridized carbons (Fsp3) is 0.667. The normalized spacial score (nSPS) is 11.6. The smallest absolute Gasteiger partial charge is 0.289 e. The van der Waals surface area contributed by atoms with Crippen molar-refractivity contribution < 1.29 is 9.21 Å². The fourth-order valence-corrected chi connectivity index (χ4v) is 2.13. The summed E-state index contributed by atoms with van der Waals surface area (Å²) in [6, 6.07) is 0. The number of amides is 1. The Morgan fingerprint density at radius 3 is 2.35 bits per heavy atom. The predicted molar refractivity (Wildman–Crippen MR) is 67.5 cm³/mol. The van der Waals surface area contributed by atoms with Crippen LogP contribution in [0, 0.1) is 13.8 Å². The SMILES string of the molecule is CCC(CC)(CCl)NC(=O)c1oc(C)nc1C. The Bertz CT molecular complexity index is 389. The molecule has 4 nitrogen and oxygen atoms in total. The van der Waals surface area contributed by atoms with Gasteiger partial charge in [0, 0.05) is 12.8 Å². The third-order valence-corrected chi connectivity index (χ3v) is 3.61. The molecule has 1 N–H and O–H groups in total. The van der Waals surface area contributed by atoms with Crippen LogP contribution < -0.4 is 5.32 Å². The number of oxazole rings is 1. The van der Waals surface area contributed by atoms with E-state index in [0.29, 0.717) is 17.5 Å². The van der Waals surface area contributed by atoms with Gasteiger partial charge in [-0.3, -0.25) is 4.79 Å². The lowest BCUT2D eigenvalue weighted by atomic mass is 9.95. The number of halogens is 1. The highest BCUT2D eigenvalue weighted by Crippen LogP contribution is 2.19. The molecule has 96 valence electrons. The number of carbonyl (C=O) groups is 1. The zero-order valence-electron chi connectivity index (χ0n) is 10.8. The summed E-state index contributed by atoms with van der Waals surface area (Å²) in [5.41, 5.74) is 0.238. The topological polar surface area (TPSA) is 55.1 Å². The van der Waals surface area contributed by atoms with Gasteiger partial charge in [-0.15, -0.1) is 11.6 Å². The highest BCUT2D eigenvalue weighted by atomic mass is 35.5. The van der Waals surface area contributed by atoms with Crippen LogP contribution in [0.5, 0.6) is 0 Å². The van der Waals surface area contributed by atoms with Gasteiger partial charge < -0.3 is 9.73 Å². The van der Waals surface area contributed by atoms with Crippen molar-refractivity contribution in [3.63, 3.8) is 0 Å². The molecule has 0 aliphatic carbocycles. The lowest BCUT2D eigenvalue weighted by molar-refractivity contribution is 0.0871. The molecule has 0 aliphatic heterocycles. The Morgan fingerprint density at radius 2 is 2.00 bits per heavy atom. The van der Waals surface area contributed by atoms with Crippen molar-refractivity contribution >= 4 is 17.5 Å². The molecule has 1 heterocycles. The first-order valence-electron chi connectivity index (χ1n) is 5.80. The van der Waals surface area contributed by atoms with Crippen molar-refractivity contribution in [3.8, 4) is 0 Å². The maximum atomic E-state index is 12.1. The van der Waals surface area contributed by atoms with Crippen LogP contribution in [0.1, 0.15) is 48.8 Å². The standard InChI is InChI=1S/C12H19ClN2O2/c1-5-12(6-2,7-13)15-11(16)10-8(3)14-9(4)17-10/h5-7H2,1-4H3,(H,15,16). The Morgan fingerprint density at radius 1 is 1.41 bits per heavy atom. The molecule has 0 unspecified atom stereocenters.